The summed E-state index contributed by atoms with van der Waals surface area (Å²) < 4.78 is 5.46. The second-order valence-electron chi connectivity index (χ2n) is 5.18. The number of nitrogens with zero attached hydrogens (tertiary/aromatic N) is 1. The normalized spacial score (nSPS) is 12.2. The third kappa shape index (κ3) is 4.71. The van der Waals surface area contributed by atoms with E-state index in [9.17, 15) is 14.9 Å². The fraction of sp³-hybridized carbons (Fsp3) is 0.500. The van der Waals surface area contributed by atoms with Crippen LogP contribution in [0.1, 0.15) is 25.0 Å². The summed E-state index contributed by atoms with van der Waals surface area (Å²) in [6.07, 6.45) is 0. The van der Waals surface area contributed by atoms with E-state index in [1.165, 1.54) is 6.07 Å². The first-order valence-electron chi connectivity index (χ1n) is 6.59. The fourth-order valence-corrected chi connectivity index (χ4v) is 1.94. The number of nitro benzene ring substituents is 1. The Hall–Kier alpha value is -2.15. The topological polar surface area (TPSA) is 102 Å². The lowest BCUT2D eigenvalue weighted by Gasteiger charge is -2.18. The average molecular weight is 296 g/mol. The number of rotatable bonds is 7. The number of benzene rings is 1. The van der Waals surface area contributed by atoms with Gasteiger partial charge in [-0.25, -0.2) is 0 Å². The summed E-state index contributed by atoms with van der Waals surface area (Å²) >= 11 is 0. The number of hydrogen-bond donors (Lipinski definition) is 2. The molecule has 0 aliphatic rings. The van der Waals surface area contributed by atoms with E-state index < -0.39 is 16.9 Å². The second-order valence-corrected chi connectivity index (χ2v) is 5.18. The van der Waals surface area contributed by atoms with Crippen molar-refractivity contribution in [1.82, 2.24) is 5.32 Å². The van der Waals surface area contributed by atoms with Gasteiger partial charge in [-0.05, 0) is 25.5 Å². The van der Waals surface area contributed by atoms with Crippen LogP contribution in [0, 0.1) is 24.0 Å². The van der Waals surface area contributed by atoms with E-state index in [0.29, 0.717) is 11.3 Å². The van der Waals surface area contributed by atoms with Crippen molar-refractivity contribution in [3.8, 4) is 5.75 Å². The van der Waals surface area contributed by atoms with Crippen molar-refractivity contribution in [2.24, 2.45) is 0 Å². The predicted molar refractivity (Wildman–Crippen MR) is 77.8 cm³/mol. The molecular formula is C14H20N2O5. The van der Waals surface area contributed by atoms with Gasteiger partial charge < -0.3 is 9.84 Å². The molecule has 1 aromatic rings. The molecule has 7 nitrogen and oxygen atoms in total. The molecule has 0 radical (unpaired) electrons. The number of ether oxygens (including phenoxy) is 1. The molecule has 0 spiro atoms. The van der Waals surface area contributed by atoms with Crippen molar-refractivity contribution >= 4 is 11.7 Å². The number of carbonyl (C=O) groups is 1. The lowest BCUT2D eigenvalue weighted by atomic mass is 10.1. The number of nitro groups is 1. The number of carboxylic acids is 1. The lowest BCUT2D eigenvalue weighted by Crippen LogP contribution is -2.44. The lowest BCUT2D eigenvalue weighted by molar-refractivity contribution is -0.385. The molecule has 21 heavy (non-hydrogen) atoms. The first-order valence-corrected chi connectivity index (χ1v) is 6.59. The number of aryl methyl sites for hydroxylation is 2. The Labute approximate surface area is 123 Å². The van der Waals surface area contributed by atoms with E-state index in [0.717, 1.165) is 5.56 Å². The highest BCUT2D eigenvalue weighted by Crippen LogP contribution is 2.28. The molecule has 2 N–H and O–H groups in total. The fourth-order valence-electron chi connectivity index (χ4n) is 1.94. The molecule has 1 aromatic carbocycles. The van der Waals surface area contributed by atoms with Gasteiger partial charge in [0.25, 0.3) is 5.69 Å². The third-order valence-electron chi connectivity index (χ3n) is 2.93. The first-order chi connectivity index (χ1) is 9.72. The van der Waals surface area contributed by atoms with Gasteiger partial charge in [0.05, 0.1) is 11.0 Å². The molecule has 0 aromatic heterocycles. The van der Waals surface area contributed by atoms with Crippen molar-refractivity contribution in [1.29, 1.82) is 0 Å². The smallest absolute Gasteiger partial charge is 0.324 e. The van der Waals surface area contributed by atoms with Crippen molar-refractivity contribution in [3.63, 3.8) is 0 Å². The zero-order chi connectivity index (χ0) is 16.2. The molecule has 0 aliphatic carbocycles. The summed E-state index contributed by atoms with van der Waals surface area (Å²) in [6.45, 7) is 6.97. The molecule has 0 saturated heterocycles. The molecule has 7 heteroatoms. The Bertz CT molecular complexity index is 542. The van der Waals surface area contributed by atoms with Gasteiger partial charge in [-0.3, -0.25) is 20.2 Å². The number of aliphatic carboxylic acids is 1. The highest BCUT2D eigenvalue weighted by Gasteiger charge is 2.20. The molecule has 0 aliphatic heterocycles. The van der Waals surface area contributed by atoms with Crippen LogP contribution in [0.5, 0.6) is 5.75 Å². The molecule has 1 rings (SSSR count). The summed E-state index contributed by atoms with van der Waals surface area (Å²) in [5, 5.41) is 22.9. The summed E-state index contributed by atoms with van der Waals surface area (Å²) in [4.78, 5) is 21.6. The quantitative estimate of drug-likeness (QED) is 0.589. The Morgan fingerprint density at radius 2 is 2.00 bits per heavy atom. The van der Waals surface area contributed by atoms with E-state index in [2.05, 4.69) is 5.32 Å². The van der Waals surface area contributed by atoms with Crippen LogP contribution in [0.3, 0.4) is 0 Å². The Morgan fingerprint density at radius 3 is 2.48 bits per heavy atom. The van der Waals surface area contributed by atoms with Gasteiger partial charge >= 0.3 is 5.97 Å². The van der Waals surface area contributed by atoms with E-state index in [4.69, 9.17) is 9.84 Å². The van der Waals surface area contributed by atoms with Crippen LogP contribution >= 0.6 is 0 Å². The van der Waals surface area contributed by atoms with Gasteiger partial charge in [-0.2, -0.15) is 0 Å². The number of carboxylic acid groups (broad SMARTS) is 1. The standard InChI is InChI=1S/C14H20N2O5/c1-8(2)15-11(14(17)18)7-21-13-6-12(16(19)20)9(3)5-10(13)4/h5-6,8,11,15H,7H2,1-4H3,(H,17,18). The molecule has 116 valence electrons. The van der Waals surface area contributed by atoms with Gasteiger partial charge in [0, 0.05) is 11.6 Å². The Kier molecular flexibility index (Phi) is 5.66. The zero-order valence-corrected chi connectivity index (χ0v) is 12.5. The minimum Gasteiger partial charge on any atom is -0.491 e. The molecule has 0 bridgehead atoms. The van der Waals surface area contributed by atoms with Gasteiger partial charge in [0.2, 0.25) is 0 Å². The largest absolute Gasteiger partial charge is 0.491 e. The van der Waals surface area contributed by atoms with Crippen LogP contribution in [0.2, 0.25) is 0 Å². The van der Waals surface area contributed by atoms with Gasteiger partial charge in [-0.1, -0.05) is 13.8 Å². The highest BCUT2D eigenvalue weighted by molar-refractivity contribution is 5.73. The monoisotopic (exact) mass is 296 g/mol. The summed E-state index contributed by atoms with van der Waals surface area (Å²) in [7, 11) is 0. The van der Waals surface area contributed by atoms with Crippen LogP contribution in [0.25, 0.3) is 0 Å². The molecular weight excluding hydrogens is 276 g/mol. The minimum atomic E-state index is -1.03. The van der Waals surface area contributed by atoms with Crippen molar-refractivity contribution in [3.05, 3.63) is 33.4 Å². The van der Waals surface area contributed by atoms with Crippen LogP contribution < -0.4 is 10.1 Å². The van der Waals surface area contributed by atoms with Crippen LogP contribution in [0.4, 0.5) is 5.69 Å². The second kappa shape index (κ2) is 7.03. The summed E-state index contributed by atoms with van der Waals surface area (Å²) in [6, 6.07) is 2.10. The highest BCUT2D eigenvalue weighted by atomic mass is 16.6. The number of nitrogens with one attached hydrogen (secondary N) is 1. The molecule has 1 unspecified atom stereocenters. The summed E-state index contributed by atoms with van der Waals surface area (Å²) in [5.74, 6) is -0.702. The van der Waals surface area contributed by atoms with E-state index in [1.54, 1.807) is 19.9 Å². The van der Waals surface area contributed by atoms with E-state index in [1.807, 2.05) is 13.8 Å². The Morgan fingerprint density at radius 1 is 1.38 bits per heavy atom. The molecule has 1 atom stereocenters. The van der Waals surface area contributed by atoms with E-state index >= 15 is 0 Å². The maximum atomic E-state index is 11.1. The number of hydrogen-bond acceptors (Lipinski definition) is 5. The van der Waals surface area contributed by atoms with Crippen molar-refractivity contribution < 1.29 is 19.6 Å². The van der Waals surface area contributed by atoms with Crippen molar-refractivity contribution in [2.45, 2.75) is 39.8 Å². The third-order valence-corrected chi connectivity index (χ3v) is 2.93. The van der Waals surface area contributed by atoms with Crippen LogP contribution in [-0.2, 0) is 4.79 Å². The van der Waals surface area contributed by atoms with Gasteiger partial charge in [0.15, 0.2) is 0 Å². The van der Waals surface area contributed by atoms with Crippen LogP contribution in [0.15, 0.2) is 12.1 Å². The first kappa shape index (κ1) is 16.9. The SMILES string of the molecule is Cc1cc(C)c([N+](=O)[O-])cc1OCC(NC(C)C)C(=O)O. The van der Waals surface area contributed by atoms with E-state index in [-0.39, 0.29) is 18.3 Å². The van der Waals surface area contributed by atoms with Gasteiger partial charge in [-0.15, -0.1) is 0 Å². The maximum absolute atomic E-state index is 11.1. The van der Waals surface area contributed by atoms with Crippen LogP contribution in [-0.4, -0.2) is 34.7 Å². The average Bonchev–Trinajstić information content (AvgIpc) is 2.34. The molecule has 0 fully saturated rings. The zero-order valence-electron chi connectivity index (χ0n) is 12.5. The predicted octanol–water partition coefficient (Wildman–Crippen LogP) is 2.04. The molecule has 0 amide bonds. The van der Waals surface area contributed by atoms with Gasteiger partial charge in [0.1, 0.15) is 18.4 Å². The maximum Gasteiger partial charge on any atom is 0.324 e. The Balaban J connectivity index is 2.89. The minimum absolute atomic E-state index is 0.0110. The molecule has 0 saturated carbocycles. The summed E-state index contributed by atoms with van der Waals surface area (Å²) in [5.41, 5.74) is 1.23. The van der Waals surface area contributed by atoms with Crippen molar-refractivity contribution in [2.75, 3.05) is 6.61 Å². The molecule has 0 heterocycles.